The summed E-state index contributed by atoms with van der Waals surface area (Å²) in [7, 11) is -3.38. The van der Waals surface area contributed by atoms with Crippen LogP contribution in [0.2, 0.25) is 0 Å². The third-order valence-corrected chi connectivity index (χ3v) is 6.39. The molecule has 0 radical (unpaired) electrons. The smallest absolute Gasteiger partial charge is 0.288 e. The second-order valence-corrected chi connectivity index (χ2v) is 10.2. The number of hydrogen-bond acceptors (Lipinski definition) is 7. The summed E-state index contributed by atoms with van der Waals surface area (Å²) in [6, 6.07) is 7.06. The summed E-state index contributed by atoms with van der Waals surface area (Å²) in [4.78, 5) is 17.8. The SMILES string of the molecule is Cc1nc(C2(NC(=O)c3oc4ccccc4c3CS(C)(=O)=O)CCCCCC2)no1. The molecule has 1 aliphatic rings. The number of benzene rings is 1. The lowest BCUT2D eigenvalue weighted by atomic mass is 9.89. The highest BCUT2D eigenvalue weighted by Gasteiger charge is 2.40. The molecule has 2 heterocycles. The van der Waals surface area contributed by atoms with Crippen LogP contribution in [0.15, 0.2) is 33.2 Å². The molecule has 3 aromatic rings. The Morgan fingerprint density at radius 2 is 1.87 bits per heavy atom. The van der Waals surface area contributed by atoms with Crippen molar-refractivity contribution in [1.29, 1.82) is 0 Å². The van der Waals surface area contributed by atoms with Gasteiger partial charge in [-0.15, -0.1) is 0 Å². The Morgan fingerprint density at radius 3 is 2.50 bits per heavy atom. The number of sulfone groups is 1. The van der Waals surface area contributed by atoms with Crippen LogP contribution >= 0.6 is 0 Å². The normalized spacial score (nSPS) is 17.0. The first-order chi connectivity index (χ1) is 14.3. The average Bonchev–Trinajstić information content (AvgIpc) is 3.19. The molecule has 0 spiro atoms. The van der Waals surface area contributed by atoms with E-state index in [1.165, 1.54) is 0 Å². The summed E-state index contributed by atoms with van der Waals surface area (Å²) in [5, 5.41) is 7.81. The predicted molar refractivity (Wildman–Crippen MR) is 111 cm³/mol. The first kappa shape index (κ1) is 20.6. The zero-order valence-electron chi connectivity index (χ0n) is 17.1. The Balaban J connectivity index is 1.76. The fourth-order valence-corrected chi connectivity index (χ4v) is 5.00. The van der Waals surface area contributed by atoms with Crippen molar-refractivity contribution in [1.82, 2.24) is 15.5 Å². The maximum Gasteiger partial charge on any atom is 0.288 e. The number of carbonyl (C=O) groups excluding carboxylic acids is 1. The van der Waals surface area contributed by atoms with Gasteiger partial charge in [0.05, 0.1) is 5.75 Å². The molecule has 1 fully saturated rings. The average molecular weight is 432 g/mol. The van der Waals surface area contributed by atoms with Gasteiger partial charge < -0.3 is 14.3 Å². The number of para-hydroxylation sites is 1. The number of hydrogen-bond donors (Lipinski definition) is 1. The first-order valence-electron chi connectivity index (χ1n) is 10.1. The monoisotopic (exact) mass is 431 g/mol. The van der Waals surface area contributed by atoms with Crippen LogP contribution in [-0.2, 0) is 21.1 Å². The molecule has 0 bridgehead atoms. The van der Waals surface area contributed by atoms with Crippen molar-refractivity contribution in [2.45, 2.75) is 56.7 Å². The molecule has 0 atom stereocenters. The third kappa shape index (κ3) is 4.12. The molecule has 160 valence electrons. The number of aromatic nitrogens is 2. The van der Waals surface area contributed by atoms with Gasteiger partial charge in [-0.3, -0.25) is 4.79 Å². The molecule has 1 aliphatic carbocycles. The van der Waals surface area contributed by atoms with Crippen molar-refractivity contribution >= 4 is 26.7 Å². The molecule has 9 heteroatoms. The molecular weight excluding hydrogens is 406 g/mol. The lowest BCUT2D eigenvalue weighted by Gasteiger charge is -2.30. The number of carbonyl (C=O) groups is 1. The standard InChI is InChI=1S/C21H25N3O5S/c1-14-22-20(24-29-14)21(11-7-3-4-8-12-21)23-19(25)18-16(13-30(2,26)27)15-9-5-6-10-17(15)28-18/h5-6,9-10H,3-4,7-8,11-13H2,1-2H3,(H,23,25). The number of aryl methyl sites for hydroxylation is 1. The topological polar surface area (TPSA) is 115 Å². The molecule has 1 N–H and O–H groups in total. The van der Waals surface area contributed by atoms with Crippen molar-refractivity contribution in [3.63, 3.8) is 0 Å². The van der Waals surface area contributed by atoms with Crippen molar-refractivity contribution in [2.75, 3.05) is 6.26 Å². The molecule has 2 aromatic heterocycles. The second kappa shape index (κ2) is 7.86. The Hall–Kier alpha value is -2.68. The predicted octanol–water partition coefficient (Wildman–Crippen LogP) is 3.65. The summed E-state index contributed by atoms with van der Waals surface area (Å²) < 4.78 is 35.1. The van der Waals surface area contributed by atoms with Gasteiger partial charge in [0.15, 0.2) is 21.4 Å². The van der Waals surface area contributed by atoms with Crippen molar-refractivity contribution < 1.29 is 22.2 Å². The number of amides is 1. The van der Waals surface area contributed by atoms with Crippen LogP contribution in [0.4, 0.5) is 0 Å². The lowest BCUT2D eigenvalue weighted by Crippen LogP contribution is -2.46. The molecule has 30 heavy (non-hydrogen) atoms. The number of furan rings is 1. The van der Waals surface area contributed by atoms with Gasteiger partial charge in [0.25, 0.3) is 5.91 Å². The molecule has 1 amide bonds. The number of fused-ring (bicyclic) bond motifs is 1. The highest BCUT2D eigenvalue weighted by Crippen LogP contribution is 2.36. The maximum atomic E-state index is 13.4. The molecule has 8 nitrogen and oxygen atoms in total. The summed E-state index contributed by atoms with van der Waals surface area (Å²) in [6.07, 6.45) is 6.48. The van der Waals surface area contributed by atoms with Crippen LogP contribution < -0.4 is 5.32 Å². The molecule has 0 unspecified atom stereocenters. The van der Waals surface area contributed by atoms with E-state index in [4.69, 9.17) is 8.94 Å². The molecule has 0 saturated heterocycles. The van der Waals surface area contributed by atoms with Gasteiger partial charge in [-0.2, -0.15) is 4.98 Å². The summed E-state index contributed by atoms with van der Waals surface area (Å²) in [5.74, 6) is 0.168. The van der Waals surface area contributed by atoms with Gasteiger partial charge in [0, 0.05) is 24.1 Å². The number of rotatable bonds is 5. The van der Waals surface area contributed by atoms with Gasteiger partial charge >= 0.3 is 0 Å². The number of nitrogens with one attached hydrogen (secondary N) is 1. The van der Waals surface area contributed by atoms with Crippen LogP contribution in [0.3, 0.4) is 0 Å². The van der Waals surface area contributed by atoms with Gasteiger partial charge in [0.1, 0.15) is 11.1 Å². The summed E-state index contributed by atoms with van der Waals surface area (Å²) in [5.41, 5.74) is 0.0810. The van der Waals surface area contributed by atoms with Crippen molar-refractivity contribution in [3.05, 3.63) is 47.3 Å². The maximum absolute atomic E-state index is 13.4. The Morgan fingerprint density at radius 1 is 1.17 bits per heavy atom. The van der Waals surface area contributed by atoms with Crippen LogP contribution in [0.1, 0.15) is 66.4 Å². The van der Waals surface area contributed by atoms with E-state index in [2.05, 4.69) is 15.5 Å². The second-order valence-electron chi connectivity index (χ2n) is 8.06. The Kier molecular flexibility index (Phi) is 5.40. The Labute approximate surface area is 174 Å². The van der Waals surface area contributed by atoms with Gasteiger partial charge in [-0.1, -0.05) is 49.0 Å². The van der Waals surface area contributed by atoms with Gasteiger partial charge in [0.2, 0.25) is 5.89 Å². The summed E-state index contributed by atoms with van der Waals surface area (Å²) in [6.45, 7) is 1.71. The fourth-order valence-electron chi connectivity index (χ4n) is 4.19. The summed E-state index contributed by atoms with van der Waals surface area (Å²) >= 11 is 0. The highest BCUT2D eigenvalue weighted by atomic mass is 32.2. The van der Waals surface area contributed by atoms with E-state index < -0.39 is 21.3 Å². The molecule has 1 aromatic carbocycles. The quantitative estimate of drug-likeness (QED) is 0.613. The van der Waals surface area contributed by atoms with Crippen LogP contribution in [0, 0.1) is 6.92 Å². The Bertz CT molecular complexity index is 1170. The zero-order chi connectivity index (χ0) is 21.4. The number of nitrogens with zero attached hydrogens (tertiary/aromatic N) is 2. The minimum Gasteiger partial charge on any atom is -0.451 e. The molecule has 0 aliphatic heterocycles. The van der Waals surface area contributed by atoms with E-state index in [1.807, 2.05) is 0 Å². The van der Waals surface area contributed by atoms with E-state index in [-0.39, 0.29) is 11.5 Å². The van der Waals surface area contributed by atoms with Gasteiger partial charge in [-0.05, 0) is 18.9 Å². The molecule has 1 saturated carbocycles. The van der Waals surface area contributed by atoms with Crippen LogP contribution in [-0.4, -0.2) is 30.7 Å². The zero-order valence-corrected chi connectivity index (χ0v) is 17.9. The van der Waals surface area contributed by atoms with Crippen LogP contribution in [0.5, 0.6) is 0 Å². The van der Waals surface area contributed by atoms with E-state index in [9.17, 15) is 13.2 Å². The van der Waals surface area contributed by atoms with Gasteiger partial charge in [-0.25, -0.2) is 8.42 Å². The van der Waals surface area contributed by atoms with E-state index in [1.54, 1.807) is 31.2 Å². The minimum atomic E-state index is -3.38. The fraction of sp³-hybridized carbons (Fsp3) is 0.476. The van der Waals surface area contributed by atoms with Crippen molar-refractivity contribution in [2.24, 2.45) is 0 Å². The molecular formula is C21H25N3O5S. The largest absolute Gasteiger partial charge is 0.451 e. The van der Waals surface area contributed by atoms with Crippen molar-refractivity contribution in [3.8, 4) is 0 Å². The van der Waals surface area contributed by atoms with E-state index in [0.29, 0.717) is 41.1 Å². The minimum absolute atomic E-state index is 0.0189. The van der Waals surface area contributed by atoms with E-state index >= 15 is 0 Å². The van der Waals surface area contributed by atoms with E-state index in [0.717, 1.165) is 31.9 Å². The molecule has 4 rings (SSSR count). The third-order valence-electron chi connectivity index (χ3n) is 5.58. The van der Waals surface area contributed by atoms with Crippen LogP contribution in [0.25, 0.3) is 11.0 Å². The first-order valence-corrected chi connectivity index (χ1v) is 12.1. The lowest BCUT2D eigenvalue weighted by molar-refractivity contribution is 0.0849. The highest BCUT2D eigenvalue weighted by molar-refractivity contribution is 7.89.